The number of halogens is 1. The van der Waals surface area contributed by atoms with Crippen molar-refractivity contribution in [3.05, 3.63) is 53.5 Å². The Morgan fingerprint density at radius 2 is 2.06 bits per heavy atom. The first-order valence-electron chi connectivity index (χ1n) is 4.57. The lowest BCUT2D eigenvalue weighted by Gasteiger charge is -1.98. The third kappa shape index (κ3) is 2.08. The quantitative estimate of drug-likeness (QED) is 0.862. The van der Waals surface area contributed by atoms with Crippen LogP contribution in [0.3, 0.4) is 0 Å². The molecule has 0 saturated heterocycles. The molecule has 0 bridgehead atoms. The average Bonchev–Trinajstić information content (AvgIpc) is 2.69. The smallest absolute Gasteiger partial charge is 0.358 e. The molecule has 0 saturated carbocycles. The number of nitrogens with zero attached hydrogens (tertiary/aromatic N) is 1. The summed E-state index contributed by atoms with van der Waals surface area (Å²) < 4.78 is 17.6. The fourth-order valence-corrected chi connectivity index (χ4v) is 1.36. The molecule has 4 nitrogen and oxygen atoms in total. The van der Waals surface area contributed by atoms with Gasteiger partial charge in [0, 0.05) is 6.42 Å². The molecule has 0 radical (unpaired) electrons. The average molecular weight is 221 g/mol. The molecule has 1 heterocycles. The summed E-state index contributed by atoms with van der Waals surface area (Å²) in [7, 11) is 0. The van der Waals surface area contributed by atoms with E-state index < -0.39 is 5.97 Å². The predicted molar refractivity (Wildman–Crippen MR) is 52.7 cm³/mol. The molecule has 5 heteroatoms. The van der Waals surface area contributed by atoms with E-state index in [1.807, 2.05) is 0 Å². The fraction of sp³-hybridized carbons (Fsp3) is 0.0909. The minimum atomic E-state index is -1.13. The van der Waals surface area contributed by atoms with Gasteiger partial charge in [-0.25, -0.2) is 14.2 Å². The highest BCUT2D eigenvalue weighted by Crippen LogP contribution is 2.13. The van der Waals surface area contributed by atoms with Crippen molar-refractivity contribution in [1.29, 1.82) is 0 Å². The number of benzene rings is 1. The number of aromatic nitrogens is 1. The van der Waals surface area contributed by atoms with Crippen LogP contribution in [0.5, 0.6) is 0 Å². The second-order valence-electron chi connectivity index (χ2n) is 3.23. The Labute approximate surface area is 90.4 Å². The van der Waals surface area contributed by atoms with Gasteiger partial charge in [-0.15, -0.1) is 0 Å². The second kappa shape index (κ2) is 4.14. The first-order chi connectivity index (χ1) is 7.66. The molecule has 0 spiro atoms. The van der Waals surface area contributed by atoms with Crippen LogP contribution >= 0.6 is 0 Å². The van der Waals surface area contributed by atoms with E-state index >= 15 is 0 Å². The molecule has 0 aliphatic carbocycles. The van der Waals surface area contributed by atoms with Crippen LogP contribution in [-0.2, 0) is 6.42 Å². The number of hydrogen-bond donors (Lipinski definition) is 1. The molecule has 0 aliphatic rings. The van der Waals surface area contributed by atoms with Crippen LogP contribution in [0.2, 0.25) is 0 Å². The van der Waals surface area contributed by atoms with E-state index in [1.165, 1.54) is 12.1 Å². The lowest BCUT2D eigenvalue weighted by Crippen LogP contribution is -2.01. The summed E-state index contributed by atoms with van der Waals surface area (Å²) >= 11 is 0. The van der Waals surface area contributed by atoms with Gasteiger partial charge in [-0.05, 0) is 17.7 Å². The van der Waals surface area contributed by atoms with Crippen molar-refractivity contribution >= 4 is 5.97 Å². The molecular weight excluding hydrogens is 213 g/mol. The standard InChI is InChI=1S/C11H8FNO3/c12-8-3-1-7(2-4-8)5-9-10(11(14)15)13-6-16-9/h1-4,6H,5H2,(H,14,15). The first-order valence-corrected chi connectivity index (χ1v) is 4.57. The normalized spacial score (nSPS) is 10.3. The Bertz CT molecular complexity index is 504. The van der Waals surface area contributed by atoms with Gasteiger partial charge in [0.2, 0.25) is 0 Å². The van der Waals surface area contributed by atoms with Gasteiger partial charge in [-0.3, -0.25) is 0 Å². The Kier molecular flexibility index (Phi) is 2.68. The van der Waals surface area contributed by atoms with E-state index in [-0.39, 0.29) is 23.7 Å². The zero-order chi connectivity index (χ0) is 11.5. The number of carboxylic acid groups (broad SMARTS) is 1. The fourth-order valence-electron chi connectivity index (χ4n) is 1.36. The molecule has 0 atom stereocenters. The van der Waals surface area contributed by atoms with Crippen molar-refractivity contribution in [2.24, 2.45) is 0 Å². The maximum absolute atomic E-state index is 12.6. The third-order valence-electron chi connectivity index (χ3n) is 2.12. The van der Waals surface area contributed by atoms with E-state index in [1.54, 1.807) is 12.1 Å². The van der Waals surface area contributed by atoms with Crippen LogP contribution in [0.25, 0.3) is 0 Å². The van der Waals surface area contributed by atoms with Crippen molar-refractivity contribution in [3.8, 4) is 0 Å². The zero-order valence-electron chi connectivity index (χ0n) is 8.18. The Morgan fingerprint density at radius 1 is 1.38 bits per heavy atom. The number of aromatic carboxylic acids is 1. The van der Waals surface area contributed by atoms with Crippen molar-refractivity contribution in [3.63, 3.8) is 0 Å². The molecule has 1 aromatic heterocycles. The van der Waals surface area contributed by atoms with E-state index in [9.17, 15) is 9.18 Å². The largest absolute Gasteiger partial charge is 0.476 e. The molecule has 2 rings (SSSR count). The molecule has 82 valence electrons. The maximum Gasteiger partial charge on any atom is 0.358 e. The second-order valence-corrected chi connectivity index (χ2v) is 3.23. The molecule has 1 aromatic carbocycles. The lowest BCUT2D eigenvalue weighted by atomic mass is 10.1. The van der Waals surface area contributed by atoms with Crippen LogP contribution in [0.1, 0.15) is 21.8 Å². The van der Waals surface area contributed by atoms with E-state index in [0.717, 1.165) is 12.0 Å². The number of carboxylic acids is 1. The number of rotatable bonds is 3. The highest BCUT2D eigenvalue weighted by molar-refractivity contribution is 5.86. The lowest BCUT2D eigenvalue weighted by molar-refractivity contribution is 0.0689. The van der Waals surface area contributed by atoms with Crippen LogP contribution in [0.4, 0.5) is 4.39 Å². The summed E-state index contributed by atoms with van der Waals surface area (Å²) in [6.45, 7) is 0. The first kappa shape index (κ1) is 10.4. The minimum absolute atomic E-state index is 0.107. The SMILES string of the molecule is O=C(O)c1ncoc1Cc1ccc(F)cc1. The Hall–Kier alpha value is -2.17. The third-order valence-corrected chi connectivity index (χ3v) is 2.12. The van der Waals surface area contributed by atoms with Gasteiger partial charge in [-0.1, -0.05) is 12.1 Å². The summed E-state index contributed by atoms with van der Waals surface area (Å²) in [5, 5.41) is 8.79. The molecule has 2 aromatic rings. The molecule has 1 N–H and O–H groups in total. The summed E-state index contributed by atoms with van der Waals surface area (Å²) in [4.78, 5) is 14.3. The van der Waals surface area contributed by atoms with E-state index in [4.69, 9.17) is 9.52 Å². The molecular formula is C11H8FNO3. The van der Waals surface area contributed by atoms with Crippen molar-refractivity contribution in [2.75, 3.05) is 0 Å². The van der Waals surface area contributed by atoms with Gasteiger partial charge in [0.25, 0.3) is 0 Å². The number of oxazole rings is 1. The number of hydrogen-bond acceptors (Lipinski definition) is 3. The highest BCUT2D eigenvalue weighted by Gasteiger charge is 2.15. The van der Waals surface area contributed by atoms with Gasteiger partial charge in [0.1, 0.15) is 11.6 Å². The zero-order valence-corrected chi connectivity index (χ0v) is 8.18. The van der Waals surface area contributed by atoms with Crippen molar-refractivity contribution < 1.29 is 18.7 Å². The van der Waals surface area contributed by atoms with Gasteiger partial charge in [0.05, 0.1) is 0 Å². The Morgan fingerprint density at radius 3 is 2.69 bits per heavy atom. The summed E-state index contributed by atoms with van der Waals surface area (Å²) in [5.41, 5.74) is 0.657. The van der Waals surface area contributed by atoms with Crippen molar-refractivity contribution in [2.45, 2.75) is 6.42 Å². The monoisotopic (exact) mass is 221 g/mol. The molecule has 0 fully saturated rings. The van der Waals surface area contributed by atoms with Gasteiger partial charge in [0.15, 0.2) is 12.1 Å². The highest BCUT2D eigenvalue weighted by atomic mass is 19.1. The van der Waals surface area contributed by atoms with Crippen molar-refractivity contribution in [1.82, 2.24) is 4.98 Å². The molecule has 16 heavy (non-hydrogen) atoms. The summed E-state index contributed by atoms with van der Waals surface area (Å²) in [6, 6.07) is 5.77. The van der Waals surface area contributed by atoms with E-state index in [0.29, 0.717) is 0 Å². The van der Waals surface area contributed by atoms with Crippen LogP contribution in [-0.4, -0.2) is 16.1 Å². The predicted octanol–water partition coefficient (Wildman–Crippen LogP) is 2.10. The topological polar surface area (TPSA) is 63.3 Å². The minimum Gasteiger partial charge on any atom is -0.476 e. The van der Waals surface area contributed by atoms with Crippen LogP contribution in [0, 0.1) is 5.82 Å². The molecule has 0 amide bonds. The molecule has 0 aliphatic heterocycles. The van der Waals surface area contributed by atoms with Gasteiger partial charge >= 0.3 is 5.97 Å². The summed E-state index contributed by atoms with van der Waals surface area (Å²) in [5.74, 6) is -1.20. The van der Waals surface area contributed by atoms with Crippen LogP contribution < -0.4 is 0 Å². The number of carbonyl (C=O) groups is 1. The molecule has 0 unspecified atom stereocenters. The van der Waals surface area contributed by atoms with Gasteiger partial charge in [-0.2, -0.15) is 0 Å². The summed E-state index contributed by atoms with van der Waals surface area (Å²) in [6.07, 6.45) is 1.37. The van der Waals surface area contributed by atoms with Gasteiger partial charge < -0.3 is 9.52 Å². The Balaban J connectivity index is 2.23. The van der Waals surface area contributed by atoms with E-state index in [2.05, 4.69) is 4.98 Å². The van der Waals surface area contributed by atoms with Crippen LogP contribution in [0.15, 0.2) is 35.1 Å². The maximum atomic E-state index is 12.6.